The van der Waals surface area contributed by atoms with Crippen molar-refractivity contribution in [1.82, 2.24) is 9.21 Å². The van der Waals surface area contributed by atoms with Crippen LogP contribution in [0.15, 0.2) is 29.2 Å². The Hall–Kier alpha value is -1.93. The second-order valence-corrected chi connectivity index (χ2v) is 8.19. The van der Waals surface area contributed by atoms with Gasteiger partial charge in [0.1, 0.15) is 0 Å². The number of carboxylic acid groups (broad SMARTS) is 1. The first-order valence-electron chi connectivity index (χ1n) is 8.34. The number of benzene rings is 1. The van der Waals surface area contributed by atoms with E-state index in [9.17, 15) is 23.1 Å². The first-order chi connectivity index (χ1) is 11.7. The maximum absolute atomic E-state index is 12.7. The molecule has 1 aromatic carbocycles. The van der Waals surface area contributed by atoms with Gasteiger partial charge < -0.3 is 10.0 Å². The molecule has 0 saturated carbocycles. The molecule has 2 atom stereocenters. The topological polar surface area (TPSA) is 95.0 Å². The molecule has 0 radical (unpaired) electrons. The highest BCUT2D eigenvalue weighted by Crippen LogP contribution is 2.25. The highest BCUT2D eigenvalue weighted by atomic mass is 32.2. The van der Waals surface area contributed by atoms with E-state index < -0.39 is 21.9 Å². The van der Waals surface area contributed by atoms with Gasteiger partial charge in [-0.15, -0.1) is 0 Å². The van der Waals surface area contributed by atoms with Crippen molar-refractivity contribution in [3.63, 3.8) is 0 Å². The van der Waals surface area contributed by atoms with Gasteiger partial charge in [0.15, 0.2) is 0 Å². The van der Waals surface area contributed by atoms with Gasteiger partial charge in [-0.1, -0.05) is 26.8 Å². The van der Waals surface area contributed by atoms with Gasteiger partial charge in [0, 0.05) is 31.7 Å². The van der Waals surface area contributed by atoms with E-state index in [1.54, 1.807) is 26.8 Å². The van der Waals surface area contributed by atoms with Crippen molar-refractivity contribution in [2.75, 3.05) is 26.2 Å². The Bertz CT molecular complexity index is 758. The van der Waals surface area contributed by atoms with E-state index in [-0.39, 0.29) is 28.8 Å². The molecule has 138 valence electrons. The molecule has 1 amide bonds. The van der Waals surface area contributed by atoms with Crippen molar-refractivity contribution >= 4 is 21.9 Å². The molecule has 1 aliphatic heterocycles. The molecule has 0 bridgehead atoms. The van der Waals surface area contributed by atoms with E-state index in [1.807, 2.05) is 0 Å². The molecule has 1 aliphatic rings. The Morgan fingerprint density at radius 2 is 1.88 bits per heavy atom. The molecule has 2 rings (SSSR count). The summed E-state index contributed by atoms with van der Waals surface area (Å²) in [6.07, 6.45) is 0. The molecule has 7 nitrogen and oxygen atoms in total. The second kappa shape index (κ2) is 7.53. The van der Waals surface area contributed by atoms with E-state index in [4.69, 9.17) is 0 Å². The molecule has 25 heavy (non-hydrogen) atoms. The van der Waals surface area contributed by atoms with Gasteiger partial charge in [-0.3, -0.25) is 9.59 Å². The summed E-state index contributed by atoms with van der Waals surface area (Å²) < 4.78 is 26.5. The van der Waals surface area contributed by atoms with E-state index in [0.29, 0.717) is 19.6 Å². The number of rotatable bonds is 6. The third-order valence-corrected chi connectivity index (χ3v) is 6.69. The first-order valence-corrected chi connectivity index (χ1v) is 9.78. The summed E-state index contributed by atoms with van der Waals surface area (Å²) in [5.74, 6) is -1.98. The SMILES string of the molecule is CCN(CC)S(=O)(=O)c1cccc(C(=O)N2C[C@@H](C)[C@H](C(=O)O)C2)c1. The smallest absolute Gasteiger partial charge is 0.308 e. The Balaban J connectivity index is 2.27. The predicted molar refractivity (Wildman–Crippen MR) is 92.7 cm³/mol. The van der Waals surface area contributed by atoms with Crippen LogP contribution in [-0.4, -0.2) is 60.8 Å². The van der Waals surface area contributed by atoms with Crippen LogP contribution in [-0.2, 0) is 14.8 Å². The number of hydrogen-bond acceptors (Lipinski definition) is 4. The zero-order valence-corrected chi connectivity index (χ0v) is 15.5. The number of carbonyl (C=O) groups excluding carboxylic acids is 1. The van der Waals surface area contributed by atoms with Crippen LogP contribution in [0.3, 0.4) is 0 Å². The maximum Gasteiger partial charge on any atom is 0.308 e. The van der Waals surface area contributed by atoms with Crippen LogP contribution >= 0.6 is 0 Å². The first kappa shape index (κ1) is 19.4. The Kier molecular flexibility index (Phi) is 5.84. The van der Waals surface area contributed by atoms with Crippen LogP contribution in [0, 0.1) is 11.8 Å². The molecular weight excluding hydrogens is 344 g/mol. The van der Waals surface area contributed by atoms with Gasteiger partial charge in [-0.05, 0) is 24.1 Å². The molecule has 1 heterocycles. The number of carboxylic acids is 1. The van der Waals surface area contributed by atoms with Crippen LogP contribution < -0.4 is 0 Å². The predicted octanol–water partition coefficient (Wildman–Crippen LogP) is 1.51. The lowest BCUT2D eigenvalue weighted by molar-refractivity contribution is -0.142. The number of carbonyl (C=O) groups is 2. The van der Waals surface area contributed by atoms with E-state index in [2.05, 4.69) is 0 Å². The summed E-state index contributed by atoms with van der Waals surface area (Å²) in [4.78, 5) is 25.4. The largest absolute Gasteiger partial charge is 0.481 e. The van der Waals surface area contributed by atoms with Gasteiger partial charge in [-0.25, -0.2) is 8.42 Å². The summed E-state index contributed by atoms with van der Waals surface area (Å²) in [5, 5.41) is 9.20. The molecule has 0 aliphatic carbocycles. The Morgan fingerprint density at radius 1 is 1.24 bits per heavy atom. The van der Waals surface area contributed by atoms with Gasteiger partial charge in [-0.2, -0.15) is 4.31 Å². The summed E-state index contributed by atoms with van der Waals surface area (Å²) in [5.41, 5.74) is 0.256. The molecule has 0 aromatic heterocycles. The van der Waals surface area contributed by atoms with Crippen LogP contribution in [0.5, 0.6) is 0 Å². The second-order valence-electron chi connectivity index (χ2n) is 6.25. The van der Waals surface area contributed by atoms with Crippen LogP contribution in [0.1, 0.15) is 31.1 Å². The highest BCUT2D eigenvalue weighted by Gasteiger charge is 2.37. The molecule has 1 fully saturated rings. The number of aliphatic carboxylic acids is 1. The molecule has 0 unspecified atom stereocenters. The number of sulfonamides is 1. The van der Waals surface area contributed by atoms with E-state index in [1.165, 1.54) is 27.4 Å². The zero-order chi connectivity index (χ0) is 18.8. The Morgan fingerprint density at radius 3 is 2.40 bits per heavy atom. The van der Waals surface area contributed by atoms with Gasteiger partial charge in [0.05, 0.1) is 10.8 Å². The van der Waals surface area contributed by atoms with Gasteiger partial charge >= 0.3 is 5.97 Å². The monoisotopic (exact) mass is 368 g/mol. The van der Waals surface area contributed by atoms with Crippen molar-refractivity contribution < 1.29 is 23.1 Å². The van der Waals surface area contributed by atoms with Gasteiger partial charge in [0.2, 0.25) is 10.0 Å². The lowest BCUT2D eigenvalue weighted by Crippen LogP contribution is -2.32. The third-order valence-electron chi connectivity index (χ3n) is 4.64. The zero-order valence-electron chi connectivity index (χ0n) is 14.7. The minimum atomic E-state index is -3.65. The molecular formula is C17H24N2O5S. The average Bonchev–Trinajstić information content (AvgIpc) is 2.97. The molecule has 1 N–H and O–H groups in total. The summed E-state index contributed by atoms with van der Waals surface area (Å²) in [6, 6.07) is 5.94. The fraction of sp³-hybridized carbons (Fsp3) is 0.529. The summed E-state index contributed by atoms with van der Waals surface area (Å²) in [7, 11) is -3.65. The van der Waals surface area contributed by atoms with E-state index >= 15 is 0 Å². The quantitative estimate of drug-likeness (QED) is 0.821. The summed E-state index contributed by atoms with van der Waals surface area (Å²) >= 11 is 0. The van der Waals surface area contributed by atoms with Crippen LogP contribution in [0.4, 0.5) is 0 Å². The van der Waals surface area contributed by atoms with Crippen molar-refractivity contribution in [2.45, 2.75) is 25.7 Å². The normalized spacial score (nSPS) is 20.9. The molecule has 1 saturated heterocycles. The third kappa shape index (κ3) is 3.85. The van der Waals surface area contributed by atoms with Gasteiger partial charge in [0.25, 0.3) is 5.91 Å². The lowest BCUT2D eigenvalue weighted by atomic mass is 9.99. The van der Waals surface area contributed by atoms with Crippen LogP contribution in [0.25, 0.3) is 0 Å². The fourth-order valence-electron chi connectivity index (χ4n) is 3.14. The van der Waals surface area contributed by atoms with Crippen molar-refractivity contribution in [1.29, 1.82) is 0 Å². The Labute approximate surface area is 148 Å². The standard InChI is InChI=1S/C17H24N2O5S/c1-4-19(5-2)25(23,24)14-8-6-7-13(9-14)16(20)18-10-12(3)15(11-18)17(21)22/h6-9,12,15H,4-5,10-11H2,1-3H3,(H,21,22)/t12-,15-/m1/s1. The molecule has 8 heteroatoms. The fourth-order valence-corrected chi connectivity index (χ4v) is 4.64. The van der Waals surface area contributed by atoms with E-state index in [0.717, 1.165) is 0 Å². The number of hydrogen-bond donors (Lipinski definition) is 1. The van der Waals surface area contributed by atoms with Crippen LogP contribution in [0.2, 0.25) is 0 Å². The average molecular weight is 368 g/mol. The lowest BCUT2D eigenvalue weighted by Gasteiger charge is -2.20. The molecule has 0 spiro atoms. The summed E-state index contributed by atoms with van der Waals surface area (Å²) in [6.45, 7) is 6.50. The highest BCUT2D eigenvalue weighted by molar-refractivity contribution is 7.89. The van der Waals surface area contributed by atoms with Crippen molar-refractivity contribution in [3.05, 3.63) is 29.8 Å². The number of nitrogens with zero attached hydrogens (tertiary/aromatic N) is 2. The van der Waals surface area contributed by atoms with Crippen molar-refractivity contribution in [2.24, 2.45) is 11.8 Å². The molecule has 1 aromatic rings. The maximum atomic E-state index is 12.7. The van der Waals surface area contributed by atoms with Crippen molar-refractivity contribution in [3.8, 4) is 0 Å². The minimum absolute atomic E-state index is 0.0732. The number of amides is 1. The minimum Gasteiger partial charge on any atom is -0.481 e. The number of likely N-dealkylation sites (tertiary alicyclic amines) is 1.